The molecule has 0 aliphatic rings. The van der Waals surface area contributed by atoms with Gasteiger partial charge in [-0.2, -0.15) is 0 Å². The molecule has 0 aliphatic heterocycles. The highest BCUT2D eigenvalue weighted by molar-refractivity contribution is 7.89. The summed E-state index contributed by atoms with van der Waals surface area (Å²) < 4.78 is 42.8. The molecule has 1 atom stereocenters. The highest BCUT2D eigenvalue weighted by Crippen LogP contribution is 2.19. The number of nitrogens with zero attached hydrogens (tertiary/aromatic N) is 1. The van der Waals surface area contributed by atoms with Crippen LogP contribution in [0.4, 0.5) is 0 Å². The predicted molar refractivity (Wildman–Crippen MR) is 101 cm³/mol. The van der Waals surface area contributed by atoms with Gasteiger partial charge in [0.05, 0.1) is 23.0 Å². The van der Waals surface area contributed by atoms with Gasteiger partial charge in [0.15, 0.2) is 0 Å². The van der Waals surface area contributed by atoms with Crippen molar-refractivity contribution in [3.8, 4) is 5.75 Å². The van der Waals surface area contributed by atoms with Crippen LogP contribution in [0.25, 0.3) is 0 Å². The summed E-state index contributed by atoms with van der Waals surface area (Å²) in [5.74, 6) is 1.28. The number of hydrogen-bond acceptors (Lipinski definition) is 4. The van der Waals surface area contributed by atoms with Crippen LogP contribution in [0, 0.1) is 0 Å². The molecule has 8 heteroatoms. The largest absolute Gasteiger partial charge is 0.493 e. The second-order valence-corrected chi connectivity index (χ2v) is 9.62. The zero-order valence-electron chi connectivity index (χ0n) is 14.0. The normalized spacial score (nSPS) is 13.0. The Morgan fingerprint density at radius 1 is 1.08 bits per heavy atom. The molecule has 0 saturated carbocycles. The van der Waals surface area contributed by atoms with E-state index in [4.69, 9.17) is 16.3 Å². The van der Waals surface area contributed by atoms with E-state index >= 15 is 0 Å². The lowest BCUT2D eigenvalue weighted by molar-refractivity contribution is 0.342. The van der Waals surface area contributed by atoms with Gasteiger partial charge < -0.3 is 4.74 Å². The Morgan fingerprint density at radius 2 is 1.72 bits per heavy atom. The molecule has 136 valence electrons. The number of rotatable bonds is 8. The van der Waals surface area contributed by atoms with Crippen LogP contribution in [0.1, 0.15) is 5.56 Å². The summed E-state index contributed by atoms with van der Waals surface area (Å²) in [6.07, 6.45) is 0. The molecule has 0 amide bonds. The fourth-order valence-corrected chi connectivity index (χ4v) is 4.23. The molecule has 0 fully saturated rings. The summed E-state index contributed by atoms with van der Waals surface area (Å²) in [5.41, 5.74) is 0.848. The molecule has 0 N–H and O–H groups in total. The minimum atomic E-state index is -3.45. The van der Waals surface area contributed by atoms with Gasteiger partial charge in [-0.05, 0) is 35.9 Å². The van der Waals surface area contributed by atoms with Crippen LogP contribution < -0.4 is 4.74 Å². The van der Waals surface area contributed by atoms with E-state index in [1.54, 1.807) is 18.2 Å². The lowest BCUT2D eigenvalue weighted by Gasteiger charge is -2.12. The molecule has 0 aliphatic carbocycles. The highest BCUT2D eigenvalue weighted by Gasteiger charge is 2.16. The van der Waals surface area contributed by atoms with Crippen molar-refractivity contribution in [2.75, 3.05) is 26.5 Å². The molecule has 0 heterocycles. The van der Waals surface area contributed by atoms with E-state index in [1.807, 2.05) is 18.2 Å². The summed E-state index contributed by atoms with van der Waals surface area (Å²) in [4.78, 5) is 0.201. The topological polar surface area (TPSA) is 63.7 Å². The average Bonchev–Trinajstić information content (AvgIpc) is 2.57. The lowest BCUT2D eigenvalue weighted by atomic mass is 10.2. The lowest BCUT2D eigenvalue weighted by Crippen LogP contribution is -2.22. The fourth-order valence-electron chi connectivity index (χ4n) is 2.03. The van der Waals surface area contributed by atoms with Gasteiger partial charge >= 0.3 is 0 Å². The van der Waals surface area contributed by atoms with E-state index in [2.05, 4.69) is 0 Å². The van der Waals surface area contributed by atoms with Crippen molar-refractivity contribution in [2.24, 2.45) is 0 Å². The summed E-state index contributed by atoms with van der Waals surface area (Å²) >= 11 is 6.05. The van der Waals surface area contributed by atoms with Gasteiger partial charge in [0, 0.05) is 29.9 Å². The van der Waals surface area contributed by atoms with E-state index in [1.165, 1.54) is 26.2 Å². The van der Waals surface area contributed by atoms with E-state index < -0.39 is 20.8 Å². The van der Waals surface area contributed by atoms with E-state index in [0.29, 0.717) is 22.3 Å². The second kappa shape index (κ2) is 8.80. The van der Waals surface area contributed by atoms with Crippen molar-refractivity contribution >= 4 is 32.4 Å². The molecule has 25 heavy (non-hydrogen) atoms. The molecule has 0 bridgehead atoms. The third-order valence-electron chi connectivity index (χ3n) is 3.46. The van der Waals surface area contributed by atoms with E-state index in [9.17, 15) is 12.6 Å². The van der Waals surface area contributed by atoms with E-state index in [0.717, 1.165) is 9.87 Å². The van der Waals surface area contributed by atoms with Crippen molar-refractivity contribution in [1.29, 1.82) is 0 Å². The maximum atomic E-state index is 12.1. The first kappa shape index (κ1) is 19.9. The minimum absolute atomic E-state index is 0.201. The van der Waals surface area contributed by atoms with Crippen molar-refractivity contribution in [1.82, 2.24) is 4.31 Å². The zero-order valence-corrected chi connectivity index (χ0v) is 16.4. The monoisotopic (exact) mass is 401 g/mol. The number of sulfonamides is 1. The molecule has 5 nitrogen and oxygen atoms in total. The van der Waals surface area contributed by atoms with Crippen LogP contribution in [-0.2, 0) is 26.6 Å². The fraction of sp³-hybridized carbons (Fsp3) is 0.294. The molecule has 0 aromatic heterocycles. The van der Waals surface area contributed by atoms with Gasteiger partial charge in [0.2, 0.25) is 10.0 Å². The SMILES string of the molecule is CN(C)S(=O)(=O)c1ccc(OCCS(=O)Cc2ccccc2Cl)cc1. The van der Waals surface area contributed by atoms with Crippen LogP contribution >= 0.6 is 11.6 Å². The third-order valence-corrected chi connectivity index (χ3v) is 6.91. The first-order valence-corrected chi connectivity index (χ1v) is 10.8. The zero-order chi connectivity index (χ0) is 18.4. The number of hydrogen-bond donors (Lipinski definition) is 0. The van der Waals surface area contributed by atoms with Gasteiger partial charge in [-0.25, -0.2) is 12.7 Å². The summed E-state index contributed by atoms with van der Waals surface area (Å²) in [5, 5.41) is 0.606. The Morgan fingerprint density at radius 3 is 2.32 bits per heavy atom. The van der Waals surface area contributed by atoms with Crippen LogP contribution in [0.15, 0.2) is 53.4 Å². The van der Waals surface area contributed by atoms with Gasteiger partial charge in [0.25, 0.3) is 0 Å². The molecule has 2 rings (SSSR count). The second-order valence-electron chi connectivity index (χ2n) is 5.49. The molecule has 0 saturated heterocycles. The van der Waals surface area contributed by atoms with Crippen LogP contribution in [0.2, 0.25) is 5.02 Å². The van der Waals surface area contributed by atoms with Gasteiger partial charge in [-0.1, -0.05) is 29.8 Å². The first-order valence-electron chi connectivity index (χ1n) is 7.54. The number of ether oxygens (including phenoxy) is 1. The molecular weight excluding hydrogens is 382 g/mol. The summed E-state index contributed by atoms with van der Waals surface area (Å²) in [7, 11) is -1.58. The van der Waals surface area contributed by atoms with Crippen LogP contribution in [0.5, 0.6) is 5.75 Å². The minimum Gasteiger partial charge on any atom is -0.493 e. The van der Waals surface area contributed by atoms with Crippen molar-refractivity contribution in [3.63, 3.8) is 0 Å². The molecule has 0 radical (unpaired) electrons. The standard InChI is InChI=1S/C17H20ClNO4S2/c1-19(2)25(21,22)16-9-7-15(8-10-16)23-11-12-24(20)13-14-5-3-4-6-17(14)18/h3-10H,11-13H2,1-2H3. The molecular formula is C17H20ClNO4S2. The molecule has 0 spiro atoms. The molecule has 2 aromatic rings. The first-order chi connectivity index (χ1) is 11.8. The van der Waals surface area contributed by atoms with Crippen LogP contribution in [-0.4, -0.2) is 43.4 Å². The Balaban J connectivity index is 1.86. The summed E-state index contributed by atoms with van der Waals surface area (Å²) in [6, 6.07) is 13.5. The van der Waals surface area contributed by atoms with E-state index in [-0.39, 0.29) is 11.5 Å². The van der Waals surface area contributed by atoms with Crippen molar-refractivity contribution in [2.45, 2.75) is 10.6 Å². The average molecular weight is 402 g/mol. The summed E-state index contributed by atoms with van der Waals surface area (Å²) in [6.45, 7) is 0.275. The smallest absolute Gasteiger partial charge is 0.242 e. The van der Waals surface area contributed by atoms with Gasteiger partial charge in [0.1, 0.15) is 5.75 Å². The Hall–Kier alpha value is -1.41. The highest BCUT2D eigenvalue weighted by atomic mass is 35.5. The Kier molecular flexibility index (Phi) is 7.01. The molecule has 1 unspecified atom stereocenters. The van der Waals surface area contributed by atoms with Crippen molar-refractivity contribution in [3.05, 3.63) is 59.1 Å². The number of benzene rings is 2. The third kappa shape index (κ3) is 5.54. The predicted octanol–water partition coefficient (Wildman–Crippen LogP) is 2.92. The van der Waals surface area contributed by atoms with Crippen molar-refractivity contribution < 1.29 is 17.4 Å². The Bertz CT molecular complexity index is 836. The maximum Gasteiger partial charge on any atom is 0.242 e. The van der Waals surface area contributed by atoms with Gasteiger partial charge in [-0.3, -0.25) is 4.21 Å². The Labute approximate surface area is 156 Å². The quantitative estimate of drug-likeness (QED) is 0.682. The van der Waals surface area contributed by atoms with Crippen LogP contribution in [0.3, 0.4) is 0 Å². The van der Waals surface area contributed by atoms with Gasteiger partial charge in [-0.15, -0.1) is 0 Å². The molecule has 2 aromatic carbocycles. The number of halogens is 1. The maximum absolute atomic E-state index is 12.1.